The van der Waals surface area contributed by atoms with E-state index in [1.54, 1.807) is 26.2 Å². The van der Waals surface area contributed by atoms with Crippen LogP contribution in [0.1, 0.15) is 13.3 Å². The normalized spacial score (nSPS) is 15.9. The summed E-state index contributed by atoms with van der Waals surface area (Å²) < 4.78 is 26.6. The Morgan fingerprint density at radius 3 is 1.77 bits per heavy atom. The lowest BCUT2D eigenvalue weighted by molar-refractivity contribution is 0.576. The fraction of sp³-hybridized carbons (Fsp3) is 1.00. The number of hydrogen-bond acceptors (Lipinski definition) is 0. The van der Waals surface area contributed by atoms with Crippen molar-refractivity contribution < 1.29 is 8.22 Å². The molecule has 0 aromatic carbocycles. The summed E-state index contributed by atoms with van der Waals surface area (Å²) in [5.74, 6) is 0.356. The molecule has 13 heavy (non-hydrogen) atoms. The molecule has 4 heteroatoms. The topological polar surface area (TPSA) is 0 Å². The Kier molecular flexibility index (Phi) is 4.79. The maximum Gasteiger partial charge on any atom is 0.241 e. The molecule has 0 aromatic heterocycles. The van der Waals surface area contributed by atoms with Crippen molar-refractivity contribution >= 4 is 16.8 Å². The molecule has 80 valence electrons. The Bertz CT molecular complexity index is 147. The Morgan fingerprint density at radius 1 is 1.00 bits per heavy atom. The highest BCUT2D eigenvalue weighted by Gasteiger charge is 2.26. The van der Waals surface area contributed by atoms with Gasteiger partial charge in [-0.3, -0.25) is 0 Å². The van der Waals surface area contributed by atoms with Gasteiger partial charge in [-0.15, -0.1) is 0 Å². The molecule has 0 amide bonds. The van der Waals surface area contributed by atoms with Crippen LogP contribution in [0, 0.1) is 5.92 Å². The number of rotatable bonds is 5. The molecule has 0 radical (unpaired) electrons. The van der Waals surface area contributed by atoms with Crippen LogP contribution in [0.2, 0.25) is 38.3 Å². The molecular weight excluding hydrogens is 202 g/mol. The fourth-order valence-electron chi connectivity index (χ4n) is 1.52. The van der Waals surface area contributed by atoms with E-state index in [9.17, 15) is 8.22 Å². The van der Waals surface area contributed by atoms with Gasteiger partial charge in [0.25, 0.3) is 0 Å². The van der Waals surface area contributed by atoms with Crippen LogP contribution in [0.4, 0.5) is 8.22 Å². The van der Waals surface area contributed by atoms with Gasteiger partial charge >= 0.3 is 0 Å². The van der Waals surface area contributed by atoms with E-state index >= 15 is 0 Å². The zero-order valence-electron chi connectivity index (χ0n) is 9.45. The largest absolute Gasteiger partial charge is 0.314 e. The minimum atomic E-state index is -2.42. The van der Waals surface area contributed by atoms with Crippen LogP contribution >= 0.6 is 0 Å². The first-order valence-corrected chi connectivity index (χ1v) is 11.1. The van der Waals surface area contributed by atoms with Gasteiger partial charge in [-0.2, -0.15) is 0 Å². The maximum atomic E-state index is 13.3. The number of halogens is 2. The quantitative estimate of drug-likeness (QED) is 0.481. The Labute approximate surface area is 83.1 Å². The van der Waals surface area contributed by atoms with Crippen molar-refractivity contribution in [2.24, 2.45) is 5.92 Å². The first-order valence-electron chi connectivity index (χ1n) is 4.98. The van der Waals surface area contributed by atoms with E-state index in [0.29, 0.717) is 18.0 Å². The average molecular weight is 224 g/mol. The van der Waals surface area contributed by atoms with E-state index < -0.39 is 16.8 Å². The van der Waals surface area contributed by atoms with E-state index in [0.717, 1.165) is 6.42 Å². The maximum absolute atomic E-state index is 13.3. The minimum absolute atomic E-state index is 0.356. The highest BCUT2D eigenvalue weighted by Crippen LogP contribution is 2.25. The highest BCUT2D eigenvalue weighted by molar-refractivity contribution is 6.71. The Hall–Kier alpha value is 0.294. The van der Waals surface area contributed by atoms with Gasteiger partial charge in [0, 0.05) is 0 Å². The summed E-state index contributed by atoms with van der Waals surface area (Å²) in [4.78, 5) is 0. The van der Waals surface area contributed by atoms with Gasteiger partial charge in [0.2, 0.25) is 16.8 Å². The summed E-state index contributed by atoms with van der Waals surface area (Å²) in [7, 11) is -4.83. The first kappa shape index (κ1) is 13.3. The third-order valence-corrected chi connectivity index (χ3v) is 5.21. The second-order valence-corrected chi connectivity index (χ2v) is 13.1. The van der Waals surface area contributed by atoms with Crippen LogP contribution in [0.25, 0.3) is 0 Å². The van der Waals surface area contributed by atoms with Crippen molar-refractivity contribution in [1.29, 1.82) is 0 Å². The standard InChI is InChI=1S/C9H22F2Si2/c1-9(8-13(4,5)11)6-7-12(2,3)10/h9H,6-8H2,1-5H3. The third-order valence-electron chi connectivity index (χ3n) is 2.07. The fourth-order valence-corrected chi connectivity index (χ4v) is 4.56. The van der Waals surface area contributed by atoms with Crippen molar-refractivity contribution in [2.75, 3.05) is 0 Å². The van der Waals surface area contributed by atoms with Gasteiger partial charge in [-0.25, -0.2) is 0 Å². The van der Waals surface area contributed by atoms with Gasteiger partial charge in [-0.1, -0.05) is 13.3 Å². The molecule has 0 saturated carbocycles. The summed E-state index contributed by atoms with van der Waals surface area (Å²) in [6.45, 7) is 8.92. The first-order chi connectivity index (χ1) is 5.60. The molecule has 0 fully saturated rings. The van der Waals surface area contributed by atoms with Gasteiger partial charge in [0.15, 0.2) is 0 Å². The second kappa shape index (κ2) is 4.69. The third kappa shape index (κ3) is 10.2. The van der Waals surface area contributed by atoms with Gasteiger partial charge in [-0.05, 0) is 44.2 Å². The van der Waals surface area contributed by atoms with Crippen molar-refractivity contribution in [1.82, 2.24) is 0 Å². The molecule has 0 heterocycles. The smallest absolute Gasteiger partial charge is 0.241 e. The molecule has 1 atom stereocenters. The van der Waals surface area contributed by atoms with Crippen LogP contribution in [-0.4, -0.2) is 16.8 Å². The SMILES string of the molecule is CC(CC[Si](C)(C)F)C[Si](C)(C)F. The summed E-state index contributed by atoms with van der Waals surface area (Å²) >= 11 is 0. The van der Waals surface area contributed by atoms with Crippen molar-refractivity contribution in [3.8, 4) is 0 Å². The lowest BCUT2D eigenvalue weighted by atomic mass is 10.2. The molecule has 0 nitrogen and oxygen atoms in total. The molecule has 0 aliphatic rings. The zero-order chi connectivity index (χ0) is 10.7. The average Bonchev–Trinajstić information content (AvgIpc) is 1.78. The van der Waals surface area contributed by atoms with Crippen LogP contribution < -0.4 is 0 Å². The highest BCUT2D eigenvalue weighted by atomic mass is 28.4. The van der Waals surface area contributed by atoms with E-state index in [1.165, 1.54) is 0 Å². The Morgan fingerprint density at radius 2 is 1.46 bits per heavy atom. The predicted molar refractivity (Wildman–Crippen MR) is 60.6 cm³/mol. The van der Waals surface area contributed by atoms with E-state index in [2.05, 4.69) is 0 Å². The Balaban J connectivity index is 3.70. The van der Waals surface area contributed by atoms with Crippen molar-refractivity contribution in [3.05, 3.63) is 0 Å². The molecule has 0 aliphatic heterocycles. The molecule has 0 aromatic rings. The van der Waals surface area contributed by atoms with Crippen LogP contribution in [0.3, 0.4) is 0 Å². The molecule has 0 bridgehead atoms. The molecular formula is C9H22F2Si2. The summed E-state index contributed by atoms with van der Waals surface area (Å²) in [6.07, 6.45) is 0.857. The summed E-state index contributed by atoms with van der Waals surface area (Å²) in [5.41, 5.74) is 0. The molecule has 0 rings (SSSR count). The molecule has 0 saturated heterocycles. The van der Waals surface area contributed by atoms with Crippen LogP contribution in [-0.2, 0) is 0 Å². The van der Waals surface area contributed by atoms with Crippen LogP contribution in [0.5, 0.6) is 0 Å². The molecule has 0 aliphatic carbocycles. The van der Waals surface area contributed by atoms with Crippen LogP contribution in [0.15, 0.2) is 0 Å². The monoisotopic (exact) mass is 224 g/mol. The van der Waals surface area contributed by atoms with Crippen molar-refractivity contribution in [3.63, 3.8) is 0 Å². The number of hydrogen-bond donors (Lipinski definition) is 0. The van der Waals surface area contributed by atoms with Gasteiger partial charge in [0.05, 0.1) is 0 Å². The summed E-state index contributed by atoms with van der Waals surface area (Å²) in [5, 5.41) is 0. The van der Waals surface area contributed by atoms with E-state index in [-0.39, 0.29) is 0 Å². The lowest BCUT2D eigenvalue weighted by Crippen LogP contribution is -2.24. The predicted octanol–water partition coefficient (Wildman–Crippen LogP) is 4.36. The van der Waals surface area contributed by atoms with Gasteiger partial charge < -0.3 is 8.22 Å². The van der Waals surface area contributed by atoms with E-state index in [4.69, 9.17) is 0 Å². The summed E-state index contributed by atoms with van der Waals surface area (Å²) in [6, 6.07) is 1.36. The van der Waals surface area contributed by atoms with Gasteiger partial charge in [0.1, 0.15) is 0 Å². The lowest BCUT2D eigenvalue weighted by Gasteiger charge is -2.19. The molecule has 0 N–H and O–H groups in total. The second-order valence-electron chi connectivity index (χ2n) is 5.29. The minimum Gasteiger partial charge on any atom is -0.314 e. The zero-order valence-corrected chi connectivity index (χ0v) is 11.5. The molecule has 0 spiro atoms. The van der Waals surface area contributed by atoms with E-state index in [1.807, 2.05) is 6.92 Å². The van der Waals surface area contributed by atoms with Crippen molar-refractivity contribution in [2.45, 2.75) is 51.6 Å². The molecule has 1 unspecified atom stereocenters.